The van der Waals surface area contributed by atoms with E-state index in [0.717, 1.165) is 24.3 Å². The van der Waals surface area contributed by atoms with Crippen LogP contribution in [0, 0.1) is 0 Å². The molecule has 0 saturated carbocycles. The second-order valence-corrected chi connectivity index (χ2v) is 9.57. The van der Waals surface area contributed by atoms with E-state index in [0.29, 0.717) is 24.3 Å². The molecule has 29 heavy (non-hydrogen) atoms. The molecule has 0 saturated heterocycles. The Morgan fingerprint density at radius 1 is 0.724 bits per heavy atom. The lowest BCUT2D eigenvalue weighted by Gasteiger charge is -2.39. The quantitative estimate of drug-likeness (QED) is 0.395. The van der Waals surface area contributed by atoms with Crippen LogP contribution in [0.5, 0.6) is 5.75 Å². The molecular weight excluding hydrogens is 460 g/mol. The van der Waals surface area contributed by atoms with E-state index < -0.39 is 53.6 Å². The van der Waals surface area contributed by atoms with Gasteiger partial charge in [-0.2, -0.15) is 47.2 Å². The lowest BCUT2D eigenvalue weighted by Crippen LogP contribution is -2.32. The Morgan fingerprint density at radius 2 is 1.21 bits per heavy atom. The van der Waals surface area contributed by atoms with Gasteiger partial charge in [-0.15, -0.1) is 0 Å². The second-order valence-electron chi connectivity index (χ2n) is 5.13. The molecular formula is C15H10F8O4S2. The van der Waals surface area contributed by atoms with Crippen LogP contribution in [0.1, 0.15) is 0 Å². The first-order valence-electron chi connectivity index (χ1n) is 7.23. The highest BCUT2D eigenvalue weighted by Crippen LogP contribution is 2.74. The summed E-state index contributed by atoms with van der Waals surface area (Å²) in [5, 5.41) is 0. The van der Waals surface area contributed by atoms with Crippen molar-refractivity contribution in [3.05, 3.63) is 54.6 Å². The van der Waals surface area contributed by atoms with Crippen LogP contribution in [0.2, 0.25) is 0 Å². The van der Waals surface area contributed by atoms with Crippen LogP contribution in [0.15, 0.2) is 64.4 Å². The fourth-order valence-electron chi connectivity index (χ4n) is 2.12. The van der Waals surface area contributed by atoms with Crippen LogP contribution in [0.3, 0.4) is 0 Å². The maximum Gasteiger partial charge on any atom is 0.523 e. The minimum absolute atomic E-state index is 0.513. The summed E-state index contributed by atoms with van der Waals surface area (Å²) in [6, 6.07) is 7.11. The minimum Gasteiger partial charge on any atom is -0.435 e. The van der Waals surface area contributed by atoms with E-state index in [1.165, 1.54) is 6.07 Å². The maximum atomic E-state index is 14.1. The zero-order valence-corrected chi connectivity index (χ0v) is 15.4. The monoisotopic (exact) mass is 470 g/mol. The Labute approximate surface area is 160 Å². The Hall–Kier alpha value is -2.06. The fraction of sp³-hybridized carbons (Fsp3) is 0.200. The van der Waals surface area contributed by atoms with Crippen LogP contribution in [-0.2, 0) is 13.7 Å². The third-order valence-corrected chi connectivity index (χ3v) is 7.88. The van der Waals surface area contributed by atoms with Gasteiger partial charge in [0.15, 0.2) is 0 Å². The first kappa shape index (κ1) is 23.2. The van der Waals surface area contributed by atoms with Crippen molar-refractivity contribution in [2.45, 2.75) is 27.4 Å². The Kier molecular flexibility index (Phi) is 6.40. The van der Waals surface area contributed by atoms with E-state index in [1.807, 2.05) is 0 Å². The third kappa shape index (κ3) is 4.75. The molecule has 4 nitrogen and oxygen atoms in total. The van der Waals surface area contributed by atoms with Crippen LogP contribution in [0.4, 0.5) is 35.1 Å². The third-order valence-electron chi connectivity index (χ3n) is 3.26. The molecule has 0 aromatic heterocycles. The van der Waals surface area contributed by atoms with Gasteiger partial charge in [0.1, 0.15) is 5.75 Å². The molecule has 0 aliphatic heterocycles. The molecule has 0 spiro atoms. The van der Waals surface area contributed by atoms with Gasteiger partial charge in [0, 0.05) is 20.1 Å². The number of benzene rings is 2. The van der Waals surface area contributed by atoms with Crippen LogP contribution < -0.4 is 4.74 Å². The van der Waals surface area contributed by atoms with Crippen molar-refractivity contribution in [2.24, 2.45) is 0 Å². The molecule has 0 aliphatic carbocycles. The Morgan fingerprint density at radius 3 is 1.62 bits per heavy atom. The summed E-state index contributed by atoms with van der Waals surface area (Å²) in [6.45, 7) is -3.31. The summed E-state index contributed by atoms with van der Waals surface area (Å²) in [4.78, 5) is -1.92. The summed E-state index contributed by atoms with van der Waals surface area (Å²) in [7, 11) is -12.0. The molecule has 0 fully saturated rings. The number of ether oxygens (including phenoxy) is 1. The number of hydrogen-bond donors (Lipinski definition) is 0. The van der Waals surface area contributed by atoms with Crippen LogP contribution >= 0.6 is 10.3 Å². The number of rotatable bonds is 6. The average molecular weight is 470 g/mol. The summed E-state index contributed by atoms with van der Waals surface area (Å²) in [5.41, 5.74) is -11.8. The van der Waals surface area contributed by atoms with Gasteiger partial charge < -0.3 is 4.74 Å². The molecule has 2 rings (SSSR count). The van der Waals surface area contributed by atoms with E-state index in [4.69, 9.17) is 0 Å². The lowest BCUT2D eigenvalue weighted by molar-refractivity contribution is -0.0554. The van der Waals surface area contributed by atoms with Crippen molar-refractivity contribution in [3.8, 4) is 5.75 Å². The largest absolute Gasteiger partial charge is 0.523 e. The van der Waals surface area contributed by atoms with Crippen molar-refractivity contribution in [3.63, 3.8) is 0 Å². The molecule has 2 aromatic rings. The molecule has 1 atom stereocenters. The highest BCUT2D eigenvalue weighted by Gasteiger charge is 2.61. The molecule has 0 aliphatic rings. The zero-order valence-electron chi connectivity index (χ0n) is 13.7. The van der Waals surface area contributed by atoms with Gasteiger partial charge in [-0.05, 0) is 36.4 Å². The highest BCUT2D eigenvalue weighted by molar-refractivity contribution is 8.33. The second kappa shape index (κ2) is 7.99. The summed E-state index contributed by atoms with van der Waals surface area (Å²) >= 11 is 0. The van der Waals surface area contributed by atoms with E-state index >= 15 is 0 Å². The Balaban J connectivity index is 2.77. The first-order chi connectivity index (χ1) is 13.2. The van der Waals surface area contributed by atoms with Gasteiger partial charge >= 0.3 is 27.7 Å². The maximum absolute atomic E-state index is 14.1. The topological polar surface area (TPSA) is 52.6 Å². The summed E-state index contributed by atoms with van der Waals surface area (Å²) in [5.74, 6) is -0.592. The zero-order chi connectivity index (χ0) is 22.1. The van der Waals surface area contributed by atoms with E-state index in [-0.39, 0.29) is 0 Å². The van der Waals surface area contributed by atoms with Gasteiger partial charge in [-0.1, -0.05) is 18.2 Å². The van der Waals surface area contributed by atoms with Gasteiger partial charge in [-0.3, -0.25) is 0 Å². The molecule has 162 valence electrons. The van der Waals surface area contributed by atoms with Gasteiger partial charge in [0.25, 0.3) is 0 Å². The molecule has 1 unspecified atom stereocenters. The van der Waals surface area contributed by atoms with E-state index in [9.17, 15) is 43.5 Å². The molecule has 2 aromatic carbocycles. The number of hydrogen-bond acceptors (Lipinski definition) is 4. The lowest BCUT2D eigenvalue weighted by atomic mass is 10.3. The van der Waals surface area contributed by atoms with Gasteiger partial charge in [0.05, 0.1) is 0 Å². The number of halogens is 8. The summed E-state index contributed by atoms with van der Waals surface area (Å²) in [6.07, 6.45) is 0. The van der Waals surface area contributed by atoms with Gasteiger partial charge in [-0.25, -0.2) is 0 Å². The summed E-state index contributed by atoms with van der Waals surface area (Å²) < 4.78 is 136. The normalized spacial score (nSPS) is 16.3. The predicted molar refractivity (Wildman–Crippen MR) is 85.8 cm³/mol. The standard InChI is InChI=1S/C15H10F8O4S2/c16-13(17)26-10-6-8-12(9-7-10)28(14(18,19)20,11-4-2-1-3-5-11)27-29(24,25)15(21,22)23/h1-9,13H. The van der Waals surface area contributed by atoms with Crippen molar-refractivity contribution in [1.82, 2.24) is 0 Å². The minimum atomic E-state index is -6.70. The van der Waals surface area contributed by atoms with Crippen molar-refractivity contribution in [1.29, 1.82) is 0 Å². The molecule has 0 heterocycles. The number of alkyl halides is 8. The van der Waals surface area contributed by atoms with E-state index in [2.05, 4.69) is 8.37 Å². The Bertz CT molecular complexity index is 928. The highest BCUT2D eigenvalue weighted by atomic mass is 32.3. The average Bonchev–Trinajstić information content (AvgIpc) is 2.58. The molecule has 0 radical (unpaired) electrons. The van der Waals surface area contributed by atoms with Crippen molar-refractivity contribution < 1.29 is 51.9 Å². The fourth-order valence-corrected chi connectivity index (χ4v) is 6.31. The van der Waals surface area contributed by atoms with Gasteiger partial charge in [0.2, 0.25) is 0 Å². The molecule has 0 bridgehead atoms. The van der Waals surface area contributed by atoms with Crippen molar-refractivity contribution in [2.75, 3.05) is 0 Å². The smallest absolute Gasteiger partial charge is 0.435 e. The molecule has 0 amide bonds. The predicted octanol–water partition coefficient (Wildman–Crippen LogP) is 5.81. The van der Waals surface area contributed by atoms with Crippen LogP contribution in [-0.4, -0.2) is 26.0 Å². The van der Waals surface area contributed by atoms with Crippen molar-refractivity contribution >= 4 is 20.4 Å². The van der Waals surface area contributed by atoms with E-state index in [1.54, 1.807) is 0 Å². The first-order valence-corrected chi connectivity index (χ1v) is 10.2. The SMILES string of the molecule is O=S(=O)(OS(c1ccccc1)(c1ccc(OC(F)F)cc1)C(F)(F)F)C(F)(F)F. The van der Waals surface area contributed by atoms with Crippen LogP contribution in [0.25, 0.3) is 0 Å². The molecule has 0 N–H and O–H groups in total. The molecule has 14 heteroatoms.